The zero-order chi connectivity index (χ0) is 31.7. The highest BCUT2D eigenvalue weighted by atomic mass is 32.2. The smallest absolute Gasteiger partial charge is 0.323 e. The summed E-state index contributed by atoms with van der Waals surface area (Å²) in [6.45, 7) is 5.86. The minimum atomic E-state index is -3.86. The maximum absolute atomic E-state index is 12.6. The van der Waals surface area contributed by atoms with E-state index in [-0.39, 0.29) is 18.2 Å². The lowest BCUT2D eigenvalue weighted by Gasteiger charge is -2.27. The van der Waals surface area contributed by atoms with E-state index in [2.05, 4.69) is 15.4 Å². The summed E-state index contributed by atoms with van der Waals surface area (Å²) >= 11 is 0. The van der Waals surface area contributed by atoms with Gasteiger partial charge in [0.25, 0.3) is 0 Å². The third-order valence-corrected chi connectivity index (χ3v) is 8.17. The van der Waals surface area contributed by atoms with Gasteiger partial charge in [0.05, 0.1) is 5.75 Å². The van der Waals surface area contributed by atoms with Crippen LogP contribution in [0.4, 0.5) is 16.2 Å². The van der Waals surface area contributed by atoms with Crippen LogP contribution in [0.15, 0.2) is 103 Å². The molecule has 0 aliphatic heterocycles. The van der Waals surface area contributed by atoms with Gasteiger partial charge in [-0.25, -0.2) is 17.9 Å². The predicted octanol–water partition coefficient (Wildman–Crippen LogP) is 6.15. The molecule has 0 aliphatic rings. The summed E-state index contributed by atoms with van der Waals surface area (Å²) in [6.07, 6.45) is 0.575. The number of aryl methyl sites for hydroxylation is 1. The van der Waals surface area contributed by atoms with Gasteiger partial charge >= 0.3 is 12.0 Å². The summed E-state index contributed by atoms with van der Waals surface area (Å²) in [5, 5.41) is 15.4. The molecule has 2 amide bonds. The van der Waals surface area contributed by atoms with Gasteiger partial charge in [-0.3, -0.25) is 4.79 Å². The summed E-state index contributed by atoms with van der Waals surface area (Å²) in [5.74, 6) is -0.958. The molecule has 230 valence electrons. The van der Waals surface area contributed by atoms with Gasteiger partial charge in [0.2, 0.25) is 10.0 Å². The third-order valence-electron chi connectivity index (χ3n) is 6.81. The summed E-state index contributed by atoms with van der Waals surface area (Å²) in [4.78, 5) is 24.2. The summed E-state index contributed by atoms with van der Waals surface area (Å²) in [7, 11) is -3.86. The molecule has 0 radical (unpaired) electrons. The minimum Gasteiger partial charge on any atom is -0.488 e. The summed E-state index contributed by atoms with van der Waals surface area (Å²) < 4.78 is 33.7. The SMILES string of the molecule is Cc1ccccc1NC(=O)Nc1ccc(CC(C)(C)Oc2ccc(C[C@H](NS(=O)(=O)Cc3ccccc3)C(=O)O)cc2)cc1. The highest BCUT2D eigenvalue weighted by Crippen LogP contribution is 2.24. The lowest BCUT2D eigenvalue weighted by molar-refractivity contribution is -0.138. The molecular formula is C34H37N3O6S. The van der Waals surface area contributed by atoms with Crippen molar-refractivity contribution in [1.82, 2.24) is 4.72 Å². The number of hydrogen-bond acceptors (Lipinski definition) is 5. The molecule has 10 heteroatoms. The Balaban J connectivity index is 1.30. The van der Waals surface area contributed by atoms with Crippen LogP contribution in [0.2, 0.25) is 0 Å². The Hall–Kier alpha value is -4.67. The molecule has 0 saturated carbocycles. The molecular weight excluding hydrogens is 578 g/mol. The number of ether oxygens (including phenoxy) is 1. The van der Waals surface area contributed by atoms with Crippen molar-refractivity contribution in [2.24, 2.45) is 0 Å². The minimum absolute atomic E-state index is 0.0175. The molecule has 4 N–H and O–H groups in total. The fourth-order valence-electron chi connectivity index (χ4n) is 4.71. The Morgan fingerprint density at radius 2 is 1.41 bits per heavy atom. The fourth-order valence-corrected chi connectivity index (χ4v) is 6.04. The van der Waals surface area contributed by atoms with Crippen LogP contribution in [0.1, 0.15) is 36.1 Å². The van der Waals surface area contributed by atoms with E-state index < -0.39 is 27.6 Å². The number of anilines is 2. The van der Waals surface area contributed by atoms with Crippen LogP contribution >= 0.6 is 0 Å². The molecule has 0 aromatic heterocycles. The normalized spacial score (nSPS) is 12.2. The molecule has 0 aliphatic carbocycles. The first kappa shape index (κ1) is 32.2. The Labute approximate surface area is 258 Å². The molecule has 0 bridgehead atoms. The molecule has 0 spiro atoms. The van der Waals surface area contributed by atoms with Crippen LogP contribution in [0.5, 0.6) is 5.75 Å². The van der Waals surface area contributed by atoms with Gasteiger partial charge in [-0.15, -0.1) is 0 Å². The van der Waals surface area contributed by atoms with Crippen molar-refractivity contribution in [3.63, 3.8) is 0 Å². The monoisotopic (exact) mass is 615 g/mol. The third kappa shape index (κ3) is 9.96. The first-order valence-electron chi connectivity index (χ1n) is 14.1. The number of sulfonamides is 1. The maximum Gasteiger partial charge on any atom is 0.323 e. The fraction of sp³-hybridized carbons (Fsp3) is 0.235. The van der Waals surface area contributed by atoms with Crippen LogP contribution in [0.3, 0.4) is 0 Å². The van der Waals surface area contributed by atoms with E-state index in [0.717, 1.165) is 16.8 Å². The van der Waals surface area contributed by atoms with E-state index in [0.29, 0.717) is 29.0 Å². The molecule has 0 fully saturated rings. The van der Waals surface area contributed by atoms with Crippen molar-refractivity contribution in [1.29, 1.82) is 0 Å². The zero-order valence-electron chi connectivity index (χ0n) is 24.9. The largest absolute Gasteiger partial charge is 0.488 e. The molecule has 44 heavy (non-hydrogen) atoms. The Kier molecular flexibility index (Phi) is 10.4. The van der Waals surface area contributed by atoms with Crippen molar-refractivity contribution in [3.05, 3.63) is 125 Å². The van der Waals surface area contributed by atoms with Gasteiger partial charge in [0, 0.05) is 17.8 Å². The molecule has 0 unspecified atom stereocenters. The van der Waals surface area contributed by atoms with Crippen LogP contribution < -0.4 is 20.1 Å². The number of carbonyl (C=O) groups excluding carboxylic acids is 1. The average Bonchev–Trinajstić information content (AvgIpc) is 2.96. The first-order valence-corrected chi connectivity index (χ1v) is 15.8. The van der Waals surface area contributed by atoms with Gasteiger partial charge in [-0.05, 0) is 79.8 Å². The lowest BCUT2D eigenvalue weighted by Crippen LogP contribution is -2.42. The number of amides is 2. The van der Waals surface area contributed by atoms with Crippen molar-refractivity contribution in [2.45, 2.75) is 51.0 Å². The van der Waals surface area contributed by atoms with Crippen LogP contribution in [0.25, 0.3) is 0 Å². The van der Waals surface area contributed by atoms with E-state index in [4.69, 9.17) is 4.74 Å². The van der Waals surface area contributed by atoms with Crippen LogP contribution in [0, 0.1) is 6.92 Å². The highest BCUT2D eigenvalue weighted by molar-refractivity contribution is 7.88. The summed E-state index contributed by atoms with van der Waals surface area (Å²) in [6, 6.07) is 29.0. The maximum atomic E-state index is 12.6. The number of carbonyl (C=O) groups is 2. The van der Waals surface area contributed by atoms with Gasteiger partial charge in [-0.1, -0.05) is 72.8 Å². The zero-order valence-corrected chi connectivity index (χ0v) is 25.7. The van der Waals surface area contributed by atoms with E-state index in [1.807, 2.05) is 69.3 Å². The van der Waals surface area contributed by atoms with Gasteiger partial charge in [0.1, 0.15) is 17.4 Å². The van der Waals surface area contributed by atoms with Gasteiger partial charge < -0.3 is 20.5 Å². The molecule has 0 heterocycles. The average molecular weight is 616 g/mol. The standard InChI is InChI=1S/C34H37N3O6S/c1-24-9-7-8-12-30(24)36-33(40)35-28-17-13-26(14-18-28)22-34(2,3)43-29-19-15-25(16-20-29)21-31(32(38)39)37-44(41,42)23-27-10-5-4-6-11-27/h4-20,31,37H,21-23H2,1-3H3,(H,38,39)(H2,35,36,40)/t31-/m0/s1. The number of nitrogens with one attached hydrogen (secondary N) is 3. The number of aliphatic carboxylic acids is 1. The summed E-state index contributed by atoms with van der Waals surface area (Å²) in [5.41, 5.74) is 4.05. The number of carboxylic acids is 1. The van der Waals surface area contributed by atoms with Crippen molar-refractivity contribution < 1.29 is 27.9 Å². The second kappa shape index (κ2) is 14.2. The molecule has 4 aromatic rings. The van der Waals surface area contributed by atoms with E-state index in [9.17, 15) is 23.1 Å². The first-order chi connectivity index (χ1) is 20.9. The number of urea groups is 1. The number of hydrogen-bond donors (Lipinski definition) is 4. The second-order valence-corrected chi connectivity index (χ2v) is 13.0. The van der Waals surface area contributed by atoms with Crippen LogP contribution in [-0.2, 0) is 33.4 Å². The number of para-hydroxylation sites is 1. The Bertz CT molecular complexity index is 1670. The Morgan fingerprint density at radius 3 is 2.05 bits per heavy atom. The topological polar surface area (TPSA) is 134 Å². The molecule has 4 aromatic carbocycles. The quantitative estimate of drug-likeness (QED) is 0.143. The number of carboxylic acid groups (broad SMARTS) is 1. The molecule has 4 rings (SSSR count). The van der Waals surface area contributed by atoms with Gasteiger partial charge in [0.15, 0.2) is 0 Å². The van der Waals surface area contributed by atoms with Crippen molar-refractivity contribution >= 4 is 33.4 Å². The molecule has 1 atom stereocenters. The van der Waals surface area contributed by atoms with E-state index in [1.54, 1.807) is 54.6 Å². The second-order valence-electron chi connectivity index (χ2n) is 11.2. The highest BCUT2D eigenvalue weighted by Gasteiger charge is 2.25. The van der Waals surface area contributed by atoms with E-state index >= 15 is 0 Å². The van der Waals surface area contributed by atoms with Crippen molar-refractivity contribution in [2.75, 3.05) is 10.6 Å². The Morgan fingerprint density at radius 1 is 0.795 bits per heavy atom. The van der Waals surface area contributed by atoms with Crippen molar-refractivity contribution in [3.8, 4) is 5.75 Å². The predicted molar refractivity (Wildman–Crippen MR) is 172 cm³/mol. The number of benzene rings is 4. The molecule has 9 nitrogen and oxygen atoms in total. The molecule has 0 saturated heterocycles. The lowest BCUT2D eigenvalue weighted by atomic mass is 9.98. The number of rotatable bonds is 13. The van der Waals surface area contributed by atoms with Crippen LogP contribution in [-0.4, -0.2) is 37.2 Å². The van der Waals surface area contributed by atoms with E-state index in [1.165, 1.54) is 0 Å². The van der Waals surface area contributed by atoms with Gasteiger partial charge in [-0.2, -0.15) is 0 Å².